The number of nitrogens with one attached hydrogen (secondary N) is 1. The van der Waals surface area contributed by atoms with E-state index in [1.54, 1.807) is 0 Å². The first-order valence-electron chi connectivity index (χ1n) is 4.64. The molecule has 0 spiro atoms. The Kier molecular flexibility index (Phi) is 2.52. The fraction of sp³-hybridized carbons (Fsp3) is 0.273. The minimum atomic E-state index is -0.206. The summed E-state index contributed by atoms with van der Waals surface area (Å²) in [5.74, 6) is -0.206. The van der Waals surface area contributed by atoms with Crippen LogP contribution in [0.5, 0.6) is 0 Å². The Morgan fingerprint density at radius 2 is 1.86 bits per heavy atom. The molecule has 0 unspecified atom stereocenters. The molecule has 1 aromatic carbocycles. The molecule has 0 saturated heterocycles. The Morgan fingerprint density at radius 1 is 1.14 bits per heavy atom. The minimum Gasteiger partial charge on any atom is -0.396 e. The number of hydrogen-bond donors (Lipinski definition) is 3. The van der Waals surface area contributed by atoms with Gasteiger partial charge < -0.3 is 15.2 Å². The maximum atomic E-state index is 9.02. The molecule has 0 amide bonds. The number of benzene rings is 1. The predicted octanol–water partition coefficient (Wildman–Crippen LogP) is 1.24. The van der Waals surface area contributed by atoms with Gasteiger partial charge in [-0.3, -0.25) is 0 Å². The smallest absolute Gasteiger partial charge is 0.0536 e. The Morgan fingerprint density at radius 3 is 2.50 bits per heavy atom. The molecule has 3 N–H and O–H groups in total. The lowest BCUT2D eigenvalue weighted by Crippen LogP contribution is -2.08. The van der Waals surface area contributed by atoms with Crippen LogP contribution in [0, 0.1) is 0 Å². The van der Waals surface area contributed by atoms with Crippen LogP contribution in [-0.4, -0.2) is 28.4 Å². The molecule has 0 radical (unpaired) electrons. The van der Waals surface area contributed by atoms with Gasteiger partial charge in [0, 0.05) is 17.1 Å². The molecular formula is C11H13NO2. The summed E-state index contributed by atoms with van der Waals surface area (Å²) in [6.07, 6.45) is 0. The largest absolute Gasteiger partial charge is 0.396 e. The summed E-state index contributed by atoms with van der Waals surface area (Å²) in [6.45, 7) is -0.0767. The van der Waals surface area contributed by atoms with Crippen LogP contribution in [-0.2, 0) is 0 Å². The molecule has 1 aromatic heterocycles. The number of fused-ring (bicyclic) bond motifs is 1. The van der Waals surface area contributed by atoms with Gasteiger partial charge in [-0.25, -0.2) is 0 Å². The van der Waals surface area contributed by atoms with E-state index in [0.717, 1.165) is 16.6 Å². The molecule has 0 fully saturated rings. The van der Waals surface area contributed by atoms with Crippen molar-refractivity contribution in [3.63, 3.8) is 0 Å². The molecule has 0 bridgehead atoms. The zero-order valence-corrected chi connectivity index (χ0v) is 7.77. The molecule has 3 heteroatoms. The average molecular weight is 191 g/mol. The Labute approximate surface area is 82.0 Å². The lowest BCUT2D eigenvalue weighted by Gasteiger charge is -2.07. The summed E-state index contributed by atoms with van der Waals surface area (Å²) < 4.78 is 0. The molecule has 1 heterocycles. The van der Waals surface area contributed by atoms with Crippen LogP contribution in [0.25, 0.3) is 10.9 Å². The van der Waals surface area contributed by atoms with Crippen LogP contribution >= 0.6 is 0 Å². The number of aliphatic hydroxyl groups excluding tert-OH is 2. The van der Waals surface area contributed by atoms with E-state index in [9.17, 15) is 0 Å². The molecule has 0 atom stereocenters. The van der Waals surface area contributed by atoms with E-state index in [2.05, 4.69) is 4.98 Å². The number of rotatable bonds is 3. The second kappa shape index (κ2) is 3.82. The SMILES string of the molecule is OCC(CO)c1cc2ccccc2[nH]1. The second-order valence-corrected chi connectivity index (χ2v) is 3.37. The van der Waals surface area contributed by atoms with Crippen molar-refractivity contribution in [2.45, 2.75) is 5.92 Å². The van der Waals surface area contributed by atoms with E-state index < -0.39 is 0 Å². The first-order valence-corrected chi connectivity index (χ1v) is 4.64. The standard InChI is InChI=1S/C11H13NO2/c13-6-9(7-14)11-5-8-3-1-2-4-10(8)12-11/h1-5,9,12-14H,6-7H2. The number of aliphatic hydroxyl groups is 2. The van der Waals surface area contributed by atoms with Crippen LogP contribution in [0.2, 0.25) is 0 Å². The molecule has 74 valence electrons. The number of hydrogen-bond acceptors (Lipinski definition) is 2. The molecule has 14 heavy (non-hydrogen) atoms. The summed E-state index contributed by atoms with van der Waals surface area (Å²) in [6, 6.07) is 9.86. The zero-order valence-electron chi connectivity index (χ0n) is 7.77. The van der Waals surface area contributed by atoms with E-state index in [1.807, 2.05) is 30.3 Å². The highest BCUT2D eigenvalue weighted by Gasteiger charge is 2.11. The number of aromatic nitrogens is 1. The third kappa shape index (κ3) is 1.52. The van der Waals surface area contributed by atoms with Crippen molar-refractivity contribution in [1.29, 1.82) is 0 Å². The molecule has 0 aliphatic carbocycles. The predicted molar refractivity (Wildman–Crippen MR) is 55.2 cm³/mol. The van der Waals surface area contributed by atoms with Gasteiger partial charge in [0.2, 0.25) is 0 Å². The van der Waals surface area contributed by atoms with Crippen molar-refractivity contribution in [3.05, 3.63) is 36.0 Å². The van der Waals surface area contributed by atoms with Crippen molar-refractivity contribution >= 4 is 10.9 Å². The highest BCUT2D eigenvalue weighted by molar-refractivity contribution is 5.80. The summed E-state index contributed by atoms with van der Waals surface area (Å²) in [4.78, 5) is 3.18. The summed E-state index contributed by atoms with van der Waals surface area (Å²) >= 11 is 0. The van der Waals surface area contributed by atoms with Gasteiger partial charge in [-0.1, -0.05) is 18.2 Å². The quantitative estimate of drug-likeness (QED) is 0.683. The summed E-state index contributed by atoms with van der Waals surface area (Å²) in [7, 11) is 0. The van der Waals surface area contributed by atoms with Crippen LogP contribution < -0.4 is 0 Å². The monoisotopic (exact) mass is 191 g/mol. The van der Waals surface area contributed by atoms with E-state index >= 15 is 0 Å². The molecule has 0 aliphatic heterocycles. The van der Waals surface area contributed by atoms with Gasteiger partial charge in [-0.15, -0.1) is 0 Å². The van der Waals surface area contributed by atoms with Gasteiger partial charge in [0.1, 0.15) is 0 Å². The Hall–Kier alpha value is -1.32. The average Bonchev–Trinajstić information content (AvgIpc) is 2.63. The van der Waals surface area contributed by atoms with E-state index in [-0.39, 0.29) is 19.1 Å². The Bertz CT molecular complexity index is 385. The highest BCUT2D eigenvalue weighted by Crippen LogP contribution is 2.20. The second-order valence-electron chi connectivity index (χ2n) is 3.37. The van der Waals surface area contributed by atoms with Crippen LogP contribution in [0.3, 0.4) is 0 Å². The van der Waals surface area contributed by atoms with Crippen LogP contribution in [0.15, 0.2) is 30.3 Å². The molecule has 2 aromatic rings. The Balaban J connectivity index is 2.43. The fourth-order valence-corrected chi connectivity index (χ4v) is 1.57. The van der Waals surface area contributed by atoms with Crippen molar-refractivity contribution in [2.24, 2.45) is 0 Å². The normalized spacial score (nSPS) is 11.4. The zero-order chi connectivity index (χ0) is 9.97. The van der Waals surface area contributed by atoms with Crippen LogP contribution in [0.1, 0.15) is 11.6 Å². The van der Waals surface area contributed by atoms with Crippen LogP contribution in [0.4, 0.5) is 0 Å². The topological polar surface area (TPSA) is 56.2 Å². The van der Waals surface area contributed by atoms with Crippen molar-refractivity contribution in [3.8, 4) is 0 Å². The van der Waals surface area contributed by atoms with Crippen molar-refractivity contribution in [1.82, 2.24) is 4.98 Å². The minimum absolute atomic E-state index is 0.0384. The van der Waals surface area contributed by atoms with Gasteiger partial charge in [0.05, 0.1) is 13.2 Å². The summed E-state index contributed by atoms with van der Waals surface area (Å²) in [5.41, 5.74) is 1.92. The fourth-order valence-electron chi connectivity index (χ4n) is 1.57. The molecule has 2 rings (SSSR count). The van der Waals surface area contributed by atoms with Crippen molar-refractivity contribution < 1.29 is 10.2 Å². The van der Waals surface area contributed by atoms with Gasteiger partial charge in [-0.2, -0.15) is 0 Å². The number of para-hydroxylation sites is 1. The van der Waals surface area contributed by atoms with Crippen molar-refractivity contribution in [2.75, 3.05) is 13.2 Å². The highest BCUT2D eigenvalue weighted by atomic mass is 16.3. The van der Waals surface area contributed by atoms with E-state index in [0.29, 0.717) is 0 Å². The van der Waals surface area contributed by atoms with Gasteiger partial charge >= 0.3 is 0 Å². The summed E-state index contributed by atoms with van der Waals surface area (Å²) in [5, 5.41) is 19.2. The molecule has 3 nitrogen and oxygen atoms in total. The lowest BCUT2D eigenvalue weighted by atomic mass is 10.1. The van der Waals surface area contributed by atoms with Gasteiger partial charge in [0.15, 0.2) is 0 Å². The van der Waals surface area contributed by atoms with Gasteiger partial charge in [-0.05, 0) is 17.5 Å². The third-order valence-corrected chi connectivity index (χ3v) is 2.43. The molecule has 0 aliphatic rings. The van der Waals surface area contributed by atoms with E-state index in [4.69, 9.17) is 10.2 Å². The molecule has 0 saturated carbocycles. The third-order valence-electron chi connectivity index (χ3n) is 2.43. The number of H-pyrrole nitrogens is 1. The molecular weight excluding hydrogens is 178 g/mol. The maximum absolute atomic E-state index is 9.02. The number of aromatic amines is 1. The van der Waals surface area contributed by atoms with Gasteiger partial charge in [0.25, 0.3) is 0 Å². The first-order chi connectivity index (χ1) is 6.85. The lowest BCUT2D eigenvalue weighted by molar-refractivity contribution is 0.191. The van der Waals surface area contributed by atoms with E-state index in [1.165, 1.54) is 0 Å². The first kappa shape index (κ1) is 9.24. The maximum Gasteiger partial charge on any atom is 0.0536 e.